The van der Waals surface area contributed by atoms with Crippen LogP contribution in [0.25, 0.3) is 0 Å². The lowest BCUT2D eigenvalue weighted by Gasteiger charge is -2.21. The van der Waals surface area contributed by atoms with Crippen molar-refractivity contribution in [3.63, 3.8) is 0 Å². The Bertz CT molecular complexity index is 710. The maximum Gasteiger partial charge on any atom is 0.140 e. The lowest BCUT2D eigenvalue weighted by molar-refractivity contribution is 0.515. The molecule has 3 heterocycles. The minimum atomic E-state index is 0.475. The van der Waals surface area contributed by atoms with Crippen LogP contribution in [-0.4, -0.2) is 27.6 Å². The zero-order valence-electron chi connectivity index (χ0n) is 12.6. The van der Waals surface area contributed by atoms with E-state index in [2.05, 4.69) is 25.5 Å². The summed E-state index contributed by atoms with van der Waals surface area (Å²) in [4.78, 5) is 11.2. The van der Waals surface area contributed by atoms with Crippen molar-refractivity contribution in [1.29, 1.82) is 5.26 Å². The predicted octanol–water partition coefficient (Wildman–Crippen LogP) is 2.48. The Labute approximate surface area is 130 Å². The molecule has 4 rings (SSSR count). The molecule has 5 nitrogen and oxygen atoms in total. The number of anilines is 1. The largest absolute Gasteiger partial charge is 0.368 e. The molecule has 22 heavy (non-hydrogen) atoms. The van der Waals surface area contributed by atoms with Crippen molar-refractivity contribution in [1.82, 2.24) is 14.5 Å². The van der Waals surface area contributed by atoms with Crippen LogP contribution in [0.15, 0.2) is 24.7 Å². The number of nitrogens with zero attached hydrogens (tertiary/aromatic N) is 5. The Kier molecular flexibility index (Phi) is 3.30. The topological polar surface area (TPSA) is 57.7 Å². The summed E-state index contributed by atoms with van der Waals surface area (Å²) in [5, 5.41) is 8.84. The van der Waals surface area contributed by atoms with E-state index < -0.39 is 0 Å². The molecule has 1 aliphatic carbocycles. The molecule has 2 aromatic rings. The molecule has 0 N–H and O–H groups in total. The Morgan fingerprint density at radius 2 is 2.09 bits per heavy atom. The first-order valence-electron chi connectivity index (χ1n) is 8.01. The first-order valence-corrected chi connectivity index (χ1v) is 8.01. The molecule has 0 bridgehead atoms. The zero-order valence-corrected chi connectivity index (χ0v) is 12.6. The fourth-order valence-electron chi connectivity index (χ4n) is 3.65. The molecule has 0 spiro atoms. The summed E-state index contributed by atoms with van der Waals surface area (Å²) in [5.41, 5.74) is 4.35. The third-order valence-electron chi connectivity index (χ3n) is 4.84. The van der Waals surface area contributed by atoms with Crippen molar-refractivity contribution in [2.75, 3.05) is 18.0 Å². The molecule has 0 aromatic carbocycles. The molecular weight excluding hydrogens is 274 g/mol. The summed E-state index contributed by atoms with van der Waals surface area (Å²) in [6, 6.07) is 6.36. The SMILES string of the molecule is N#Cc1ccc(N2CCC(n3cnc4c3CCCC4)C2)cn1. The molecule has 112 valence electrons. The molecule has 2 aromatic heterocycles. The van der Waals surface area contributed by atoms with Crippen LogP contribution in [0, 0.1) is 11.3 Å². The number of nitriles is 1. The monoisotopic (exact) mass is 293 g/mol. The summed E-state index contributed by atoms with van der Waals surface area (Å²) >= 11 is 0. The first kappa shape index (κ1) is 13.3. The van der Waals surface area contributed by atoms with E-state index in [0.29, 0.717) is 11.7 Å². The van der Waals surface area contributed by atoms with Gasteiger partial charge in [0.15, 0.2) is 0 Å². The van der Waals surface area contributed by atoms with Crippen LogP contribution in [-0.2, 0) is 12.8 Å². The van der Waals surface area contributed by atoms with Gasteiger partial charge in [0, 0.05) is 18.8 Å². The van der Waals surface area contributed by atoms with Crippen LogP contribution >= 0.6 is 0 Å². The summed E-state index contributed by atoms with van der Waals surface area (Å²) < 4.78 is 2.41. The fourth-order valence-corrected chi connectivity index (χ4v) is 3.65. The van der Waals surface area contributed by atoms with E-state index in [9.17, 15) is 0 Å². The number of aromatic nitrogens is 3. The highest BCUT2D eigenvalue weighted by Crippen LogP contribution is 2.30. The number of fused-ring (bicyclic) bond motifs is 1. The van der Waals surface area contributed by atoms with Gasteiger partial charge in [-0.25, -0.2) is 9.97 Å². The van der Waals surface area contributed by atoms with Gasteiger partial charge in [-0.15, -0.1) is 0 Å². The Hall–Kier alpha value is -2.35. The lowest BCUT2D eigenvalue weighted by Crippen LogP contribution is -2.22. The van der Waals surface area contributed by atoms with Gasteiger partial charge in [-0.05, 0) is 44.2 Å². The van der Waals surface area contributed by atoms with Gasteiger partial charge in [0.2, 0.25) is 0 Å². The molecule has 1 aliphatic heterocycles. The summed E-state index contributed by atoms with van der Waals surface area (Å²) in [5.74, 6) is 0. The summed E-state index contributed by atoms with van der Waals surface area (Å²) in [7, 11) is 0. The molecule has 1 saturated heterocycles. The molecule has 0 radical (unpaired) electrons. The summed E-state index contributed by atoms with van der Waals surface area (Å²) in [6.45, 7) is 2.03. The van der Waals surface area contributed by atoms with E-state index in [0.717, 1.165) is 31.6 Å². The Morgan fingerprint density at radius 1 is 1.18 bits per heavy atom. The van der Waals surface area contributed by atoms with Gasteiger partial charge in [-0.2, -0.15) is 5.26 Å². The van der Waals surface area contributed by atoms with E-state index >= 15 is 0 Å². The zero-order chi connectivity index (χ0) is 14.9. The van der Waals surface area contributed by atoms with Crippen LogP contribution < -0.4 is 4.90 Å². The maximum absolute atomic E-state index is 8.84. The average molecular weight is 293 g/mol. The molecule has 1 fully saturated rings. The molecule has 0 saturated carbocycles. The second-order valence-corrected chi connectivity index (χ2v) is 6.15. The third-order valence-corrected chi connectivity index (χ3v) is 4.84. The van der Waals surface area contributed by atoms with Gasteiger partial charge in [0.25, 0.3) is 0 Å². The highest BCUT2D eigenvalue weighted by molar-refractivity contribution is 5.47. The first-order chi connectivity index (χ1) is 10.8. The van der Waals surface area contributed by atoms with Crippen molar-refractivity contribution >= 4 is 5.69 Å². The van der Waals surface area contributed by atoms with Crippen molar-refractivity contribution < 1.29 is 0 Å². The molecule has 1 unspecified atom stereocenters. The van der Waals surface area contributed by atoms with Crippen molar-refractivity contribution in [3.05, 3.63) is 41.7 Å². The number of pyridine rings is 1. The Balaban J connectivity index is 1.52. The molecule has 0 amide bonds. The number of aryl methyl sites for hydroxylation is 1. The highest BCUT2D eigenvalue weighted by atomic mass is 15.2. The van der Waals surface area contributed by atoms with E-state index in [4.69, 9.17) is 5.26 Å². The second-order valence-electron chi connectivity index (χ2n) is 6.15. The molecule has 5 heteroatoms. The van der Waals surface area contributed by atoms with Gasteiger partial charge in [-0.3, -0.25) is 0 Å². The normalized spacial score (nSPS) is 20.7. The van der Waals surface area contributed by atoms with Crippen LogP contribution in [0.3, 0.4) is 0 Å². The minimum absolute atomic E-state index is 0.475. The average Bonchev–Trinajstić information content (AvgIpc) is 3.21. The highest BCUT2D eigenvalue weighted by Gasteiger charge is 2.27. The molecule has 2 aliphatic rings. The van der Waals surface area contributed by atoms with E-state index in [1.54, 1.807) is 6.07 Å². The van der Waals surface area contributed by atoms with E-state index in [1.807, 2.05) is 18.6 Å². The molecule has 1 atom stereocenters. The van der Waals surface area contributed by atoms with Crippen molar-refractivity contribution in [2.24, 2.45) is 0 Å². The smallest absolute Gasteiger partial charge is 0.140 e. The lowest BCUT2D eigenvalue weighted by atomic mass is 10.0. The number of hydrogen-bond acceptors (Lipinski definition) is 4. The van der Waals surface area contributed by atoms with Gasteiger partial charge in [-0.1, -0.05) is 0 Å². The van der Waals surface area contributed by atoms with Crippen LogP contribution in [0.5, 0.6) is 0 Å². The third kappa shape index (κ3) is 2.25. The molecular formula is C17H19N5. The van der Waals surface area contributed by atoms with Crippen LogP contribution in [0.1, 0.15) is 42.4 Å². The van der Waals surface area contributed by atoms with Crippen molar-refractivity contribution in [3.8, 4) is 6.07 Å². The van der Waals surface area contributed by atoms with Gasteiger partial charge < -0.3 is 9.47 Å². The number of rotatable bonds is 2. The Morgan fingerprint density at radius 3 is 2.91 bits per heavy atom. The predicted molar refractivity (Wildman–Crippen MR) is 83.7 cm³/mol. The fraction of sp³-hybridized carbons (Fsp3) is 0.471. The standard InChI is InChI=1S/C17H19N5/c18-9-13-5-6-14(10-19-13)21-8-7-15(11-21)22-12-20-16-3-1-2-4-17(16)22/h5-6,10,12,15H,1-4,7-8,11H2. The van der Waals surface area contributed by atoms with Crippen molar-refractivity contribution in [2.45, 2.75) is 38.1 Å². The van der Waals surface area contributed by atoms with Gasteiger partial charge >= 0.3 is 0 Å². The number of imidazole rings is 1. The quantitative estimate of drug-likeness (QED) is 0.853. The summed E-state index contributed by atoms with van der Waals surface area (Å²) in [6.07, 6.45) is 9.86. The van der Waals surface area contributed by atoms with Gasteiger partial charge in [0.05, 0.1) is 29.9 Å². The minimum Gasteiger partial charge on any atom is -0.368 e. The van der Waals surface area contributed by atoms with Gasteiger partial charge in [0.1, 0.15) is 11.8 Å². The van der Waals surface area contributed by atoms with E-state index in [-0.39, 0.29) is 0 Å². The number of hydrogen-bond donors (Lipinski definition) is 0. The maximum atomic E-state index is 8.84. The van der Waals surface area contributed by atoms with Crippen LogP contribution in [0.4, 0.5) is 5.69 Å². The van der Waals surface area contributed by atoms with E-state index in [1.165, 1.54) is 30.7 Å². The second kappa shape index (κ2) is 5.45. The van der Waals surface area contributed by atoms with Crippen LogP contribution in [0.2, 0.25) is 0 Å².